The van der Waals surface area contributed by atoms with Crippen LogP contribution in [0.1, 0.15) is 16.1 Å². The summed E-state index contributed by atoms with van der Waals surface area (Å²) in [5.41, 5.74) is 0.499. The first-order chi connectivity index (χ1) is 9.47. The van der Waals surface area contributed by atoms with Gasteiger partial charge in [-0.1, -0.05) is 0 Å². The molecule has 0 aliphatic rings. The second-order valence-electron chi connectivity index (χ2n) is 4.06. The van der Waals surface area contributed by atoms with Crippen LogP contribution >= 0.6 is 0 Å². The highest BCUT2D eigenvalue weighted by Crippen LogP contribution is 2.19. The lowest BCUT2D eigenvalue weighted by atomic mass is 10.1. The molecule has 1 aromatic heterocycles. The number of benzene rings is 1. The zero-order valence-corrected chi connectivity index (χ0v) is 10.5. The number of carbonyl (C=O) groups excluding carboxylic acids is 1. The Kier molecular flexibility index (Phi) is 3.69. The van der Waals surface area contributed by atoms with Crippen LogP contribution in [0.4, 0.5) is 15.8 Å². The predicted molar refractivity (Wildman–Crippen MR) is 70.0 cm³/mol. The van der Waals surface area contributed by atoms with E-state index in [4.69, 9.17) is 0 Å². The number of nitrogens with one attached hydrogen (secondary N) is 1. The van der Waals surface area contributed by atoms with E-state index in [9.17, 15) is 19.3 Å². The molecule has 102 valence electrons. The van der Waals surface area contributed by atoms with E-state index in [0.29, 0.717) is 11.4 Å². The van der Waals surface area contributed by atoms with Crippen LogP contribution in [0.25, 0.3) is 0 Å². The van der Waals surface area contributed by atoms with Crippen molar-refractivity contribution in [1.29, 1.82) is 0 Å². The summed E-state index contributed by atoms with van der Waals surface area (Å²) in [5, 5.41) is 13.2. The molecule has 2 rings (SSSR count). The number of nitro benzene ring substituents is 1. The number of nitro groups is 1. The number of aromatic nitrogens is 1. The SMILES string of the molecule is Cc1cc(NC(=O)c2ccc(F)c([N+](=O)[O-])c2)ccn1. The first kappa shape index (κ1) is 13.6. The Morgan fingerprint density at radius 3 is 2.75 bits per heavy atom. The summed E-state index contributed by atoms with van der Waals surface area (Å²) < 4.78 is 13.2. The lowest BCUT2D eigenvalue weighted by molar-refractivity contribution is -0.387. The van der Waals surface area contributed by atoms with Gasteiger partial charge in [-0.3, -0.25) is 19.9 Å². The topological polar surface area (TPSA) is 85.1 Å². The molecule has 1 aromatic carbocycles. The van der Waals surface area contributed by atoms with E-state index in [2.05, 4.69) is 10.3 Å². The van der Waals surface area contributed by atoms with E-state index in [1.807, 2.05) is 0 Å². The number of amides is 1. The lowest BCUT2D eigenvalue weighted by Gasteiger charge is -2.05. The zero-order valence-electron chi connectivity index (χ0n) is 10.5. The van der Waals surface area contributed by atoms with E-state index in [1.54, 1.807) is 19.1 Å². The summed E-state index contributed by atoms with van der Waals surface area (Å²) in [4.78, 5) is 25.7. The summed E-state index contributed by atoms with van der Waals surface area (Å²) in [6.07, 6.45) is 1.53. The van der Waals surface area contributed by atoms with Crippen LogP contribution in [0, 0.1) is 22.9 Å². The van der Waals surface area contributed by atoms with Crippen molar-refractivity contribution in [2.45, 2.75) is 6.92 Å². The molecular formula is C13H10FN3O3. The fraction of sp³-hybridized carbons (Fsp3) is 0.0769. The van der Waals surface area contributed by atoms with Crippen LogP contribution in [0.5, 0.6) is 0 Å². The highest BCUT2D eigenvalue weighted by Gasteiger charge is 2.17. The van der Waals surface area contributed by atoms with Crippen LogP contribution in [-0.4, -0.2) is 15.8 Å². The van der Waals surface area contributed by atoms with Gasteiger partial charge in [0.05, 0.1) is 4.92 Å². The summed E-state index contributed by atoms with van der Waals surface area (Å²) in [7, 11) is 0. The Bertz CT molecular complexity index is 688. The summed E-state index contributed by atoms with van der Waals surface area (Å²) in [6, 6.07) is 6.22. The van der Waals surface area contributed by atoms with Gasteiger partial charge in [0, 0.05) is 29.2 Å². The summed E-state index contributed by atoms with van der Waals surface area (Å²) >= 11 is 0. The molecule has 0 unspecified atom stereocenters. The van der Waals surface area contributed by atoms with Gasteiger partial charge in [-0.2, -0.15) is 4.39 Å². The number of pyridine rings is 1. The molecule has 20 heavy (non-hydrogen) atoms. The third-order valence-electron chi connectivity index (χ3n) is 2.56. The minimum atomic E-state index is -0.980. The molecule has 0 saturated carbocycles. The highest BCUT2D eigenvalue weighted by atomic mass is 19.1. The predicted octanol–water partition coefficient (Wildman–Crippen LogP) is 2.69. The van der Waals surface area contributed by atoms with Gasteiger partial charge >= 0.3 is 5.69 Å². The average molecular weight is 275 g/mol. The number of nitrogens with zero attached hydrogens (tertiary/aromatic N) is 2. The molecule has 0 radical (unpaired) electrons. The van der Waals surface area contributed by atoms with Gasteiger partial charge in [0.2, 0.25) is 5.82 Å². The molecule has 2 aromatic rings. The number of hydrogen-bond acceptors (Lipinski definition) is 4. The Hall–Kier alpha value is -2.83. The van der Waals surface area contributed by atoms with Gasteiger partial charge in [-0.25, -0.2) is 0 Å². The third kappa shape index (κ3) is 2.94. The van der Waals surface area contributed by atoms with Gasteiger partial charge in [-0.15, -0.1) is 0 Å². The zero-order chi connectivity index (χ0) is 14.7. The summed E-state index contributed by atoms with van der Waals surface area (Å²) in [6.45, 7) is 1.76. The Morgan fingerprint density at radius 2 is 2.10 bits per heavy atom. The second-order valence-corrected chi connectivity index (χ2v) is 4.06. The number of anilines is 1. The fourth-order valence-corrected chi connectivity index (χ4v) is 1.62. The average Bonchev–Trinajstić information content (AvgIpc) is 2.38. The molecule has 1 heterocycles. The number of carbonyl (C=O) groups is 1. The molecule has 0 saturated heterocycles. The van der Waals surface area contributed by atoms with Gasteiger partial charge < -0.3 is 5.32 Å². The van der Waals surface area contributed by atoms with Crippen LogP contribution in [0.15, 0.2) is 36.5 Å². The normalized spacial score (nSPS) is 10.1. The van der Waals surface area contributed by atoms with Crippen LogP contribution in [0.2, 0.25) is 0 Å². The smallest absolute Gasteiger partial charge is 0.305 e. The molecule has 0 aliphatic carbocycles. The largest absolute Gasteiger partial charge is 0.322 e. The molecule has 0 atom stereocenters. The van der Waals surface area contributed by atoms with Crippen LogP contribution < -0.4 is 5.32 Å². The van der Waals surface area contributed by atoms with Crippen LogP contribution in [0.3, 0.4) is 0 Å². The van der Waals surface area contributed by atoms with Crippen molar-refractivity contribution < 1.29 is 14.1 Å². The quantitative estimate of drug-likeness (QED) is 0.689. The molecular weight excluding hydrogens is 265 g/mol. The fourth-order valence-electron chi connectivity index (χ4n) is 1.62. The molecule has 6 nitrogen and oxygen atoms in total. The van der Waals surface area contributed by atoms with Gasteiger partial charge in [0.25, 0.3) is 5.91 Å². The lowest BCUT2D eigenvalue weighted by Crippen LogP contribution is -2.12. The third-order valence-corrected chi connectivity index (χ3v) is 2.56. The molecule has 1 N–H and O–H groups in total. The van der Waals surface area contributed by atoms with E-state index in [-0.39, 0.29) is 5.56 Å². The monoisotopic (exact) mass is 275 g/mol. The Labute approximate surface area is 113 Å². The minimum absolute atomic E-state index is 0.00700. The van der Waals surface area contributed by atoms with E-state index >= 15 is 0 Å². The standard InChI is InChI=1S/C13H10FN3O3/c1-8-6-10(4-5-15-8)16-13(18)9-2-3-11(14)12(7-9)17(19)20/h2-7H,1H3,(H,15,16,18). The van der Waals surface area contributed by atoms with Crippen molar-refractivity contribution in [3.8, 4) is 0 Å². The maximum atomic E-state index is 13.2. The van der Waals surface area contributed by atoms with Gasteiger partial charge in [-0.05, 0) is 31.2 Å². The second kappa shape index (κ2) is 5.43. The minimum Gasteiger partial charge on any atom is -0.322 e. The first-order valence-electron chi connectivity index (χ1n) is 5.65. The first-order valence-corrected chi connectivity index (χ1v) is 5.65. The molecule has 0 fully saturated rings. The highest BCUT2D eigenvalue weighted by molar-refractivity contribution is 6.04. The van der Waals surface area contributed by atoms with Gasteiger partial charge in [0.15, 0.2) is 0 Å². The van der Waals surface area contributed by atoms with E-state index in [0.717, 1.165) is 12.1 Å². The van der Waals surface area contributed by atoms with Gasteiger partial charge in [0.1, 0.15) is 0 Å². The molecule has 7 heteroatoms. The summed E-state index contributed by atoms with van der Waals surface area (Å²) in [5.74, 6) is -1.54. The molecule has 1 amide bonds. The van der Waals surface area contributed by atoms with Crippen molar-refractivity contribution in [3.05, 3.63) is 63.7 Å². The molecule has 0 bridgehead atoms. The number of rotatable bonds is 3. The Balaban J connectivity index is 2.26. The van der Waals surface area contributed by atoms with Crippen molar-refractivity contribution in [1.82, 2.24) is 4.98 Å². The molecule has 0 spiro atoms. The van der Waals surface area contributed by atoms with Crippen molar-refractivity contribution in [2.24, 2.45) is 0 Å². The van der Waals surface area contributed by atoms with Crippen molar-refractivity contribution in [2.75, 3.05) is 5.32 Å². The maximum absolute atomic E-state index is 13.2. The van der Waals surface area contributed by atoms with E-state index in [1.165, 1.54) is 12.3 Å². The van der Waals surface area contributed by atoms with Crippen molar-refractivity contribution in [3.63, 3.8) is 0 Å². The maximum Gasteiger partial charge on any atom is 0.305 e. The number of halogens is 1. The number of aryl methyl sites for hydroxylation is 1. The van der Waals surface area contributed by atoms with Crippen molar-refractivity contribution >= 4 is 17.3 Å². The Morgan fingerprint density at radius 1 is 1.35 bits per heavy atom. The van der Waals surface area contributed by atoms with E-state index < -0.39 is 22.3 Å². The molecule has 0 aliphatic heterocycles. The van der Waals surface area contributed by atoms with Crippen LogP contribution in [-0.2, 0) is 0 Å². The number of hydrogen-bond donors (Lipinski definition) is 1.